The van der Waals surface area contributed by atoms with Crippen LogP contribution in [0, 0.1) is 23.1 Å². The monoisotopic (exact) mass is 515 g/mol. The Bertz CT molecular complexity index is 1200. The minimum absolute atomic E-state index is 0.0538. The zero-order valence-corrected chi connectivity index (χ0v) is 18.9. The van der Waals surface area contributed by atoms with E-state index in [4.69, 9.17) is 40.1 Å². The largest absolute Gasteiger partial charge is 0.334 e. The van der Waals surface area contributed by atoms with Crippen LogP contribution in [0.3, 0.4) is 0 Å². The molecule has 0 radical (unpaired) electrons. The number of amides is 2. The molecular formula is C22H15Cl3F3N3O2. The SMILES string of the molecule is N#CC1(NC(=O)c2cc(NC(=O)[C@H]3[C@H](c4cc(F)cc(C(F)F)c4)C3(Cl)Cl)ccc2Cl)CC1. The van der Waals surface area contributed by atoms with Crippen LogP contribution >= 0.6 is 34.8 Å². The molecule has 2 aliphatic carbocycles. The molecule has 4 rings (SSSR count). The van der Waals surface area contributed by atoms with E-state index in [0.717, 1.165) is 12.1 Å². The zero-order chi connectivity index (χ0) is 24.1. The topological polar surface area (TPSA) is 82.0 Å². The second-order valence-corrected chi connectivity index (χ2v) is 9.93. The van der Waals surface area contributed by atoms with Gasteiger partial charge in [-0.3, -0.25) is 9.59 Å². The van der Waals surface area contributed by atoms with Crippen LogP contribution in [0.25, 0.3) is 0 Å². The van der Waals surface area contributed by atoms with Gasteiger partial charge in [-0.1, -0.05) is 11.6 Å². The van der Waals surface area contributed by atoms with Crippen molar-refractivity contribution in [3.63, 3.8) is 0 Å². The highest BCUT2D eigenvalue weighted by Gasteiger charge is 2.67. The molecule has 0 saturated heterocycles. The molecule has 0 bridgehead atoms. The summed E-state index contributed by atoms with van der Waals surface area (Å²) in [6.45, 7) is 0. The van der Waals surface area contributed by atoms with Gasteiger partial charge in [0, 0.05) is 17.2 Å². The number of carbonyl (C=O) groups excluding carboxylic acids is 2. The van der Waals surface area contributed by atoms with E-state index in [1.165, 1.54) is 18.2 Å². The van der Waals surface area contributed by atoms with Crippen LogP contribution in [0.1, 0.15) is 46.7 Å². The highest BCUT2D eigenvalue weighted by Crippen LogP contribution is 2.65. The Labute approximate surface area is 201 Å². The molecule has 2 N–H and O–H groups in total. The molecule has 2 aromatic rings. The smallest absolute Gasteiger partial charge is 0.263 e. The predicted molar refractivity (Wildman–Crippen MR) is 117 cm³/mol. The first-order chi connectivity index (χ1) is 15.5. The Morgan fingerprint density at radius 2 is 1.85 bits per heavy atom. The van der Waals surface area contributed by atoms with Crippen LogP contribution in [0.15, 0.2) is 36.4 Å². The first kappa shape index (κ1) is 23.7. The van der Waals surface area contributed by atoms with Gasteiger partial charge in [0.05, 0.1) is 22.6 Å². The number of alkyl halides is 4. The van der Waals surface area contributed by atoms with E-state index >= 15 is 0 Å². The van der Waals surface area contributed by atoms with Crippen molar-refractivity contribution in [2.45, 2.75) is 35.1 Å². The molecule has 2 fully saturated rings. The molecule has 0 heterocycles. The third-order valence-electron chi connectivity index (χ3n) is 5.68. The number of carbonyl (C=O) groups is 2. The maximum atomic E-state index is 13.8. The molecule has 0 aromatic heterocycles. The molecule has 2 atom stereocenters. The molecule has 33 heavy (non-hydrogen) atoms. The number of rotatable bonds is 6. The summed E-state index contributed by atoms with van der Waals surface area (Å²) in [6.07, 6.45) is -1.83. The minimum Gasteiger partial charge on any atom is -0.334 e. The van der Waals surface area contributed by atoms with E-state index < -0.39 is 51.3 Å². The Morgan fingerprint density at radius 1 is 1.15 bits per heavy atom. The van der Waals surface area contributed by atoms with E-state index in [1.807, 2.05) is 6.07 Å². The lowest BCUT2D eigenvalue weighted by atomic mass is 10.0. The second-order valence-electron chi connectivity index (χ2n) is 8.08. The normalized spacial score (nSPS) is 21.8. The van der Waals surface area contributed by atoms with Gasteiger partial charge in [0.2, 0.25) is 5.91 Å². The van der Waals surface area contributed by atoms with Gasteiger partial charge in [0.25, 0.3) is 12.3 Å². The molecule has 2 aliphatic rings. The van der Waals surface area contributed by atoms with Gasteiger partial charge in [-0.2, -0.15) is 5.26 Å². The minimum atomic E-state index is -2.90. The zero-order valence-electron chi connectivity index (χ0n) is 16.6. The van der Waals surface area contributed by atoms with Gasteiger partial charge < -0.3 is 10.6 Å². The molecule has 0 unspecified atom stereocenters. The molecule has 2 amide bonds. The summed E-state index contributed by atoms with van der Waals surface area (Å²) in [4.78, 5) is 25.4. The van der Waals surface area contributed by atoms with Gasteiger partial charge in [-0.05, 0) is 54.8 Å². The van der Waals surface area contributed by atoms with Crippen molar-refractivity contribution < 1.29 is 22.8 Å². The Hall–Kier alpha value is -2.47. The first-order valence-electron chi connectivity index (χ1n) is 9.78. The van der Waals surface area contributed by atoms with E-state index in [-0.39, 0.29) is 21.8 Å². The molecule has 2 aromatic carbocycles. The fourth-order valence-corrected chi connectivity index (χ4v) is 4.71. The van der Waals surface area contributed by atoms with Crippen LogP contribution in [0.4, 0.5) is 18.9 Å². The number of nitriles is 1. The predicted octanol–water partition coefficient (Wildman–Crippen LogP) is 5.73. The molecule has 0 aliphatic heterocycles. The highest BCUT2D eigenvalue weighted by molar-refractivity contribution is 6.53. The average molecular weight is 517 g/mol. The number of anilines is 1. The Kier molecular flexibility index (Phi) is 6.02. The maximum Gasteiger partial charge on any atom is 0.263 e. The van der Waals surface area contributed by atoms with Crippen LogP contribution in [-0.4, -0.2) is 21.7 Å². The van der Waals surface area contributed by atoms with E-state index in [9.17, 15) is 22.8 Å². The van der Waals surface area contributed by atoms with Gasteiger partial charge in [-0.15, -0.1) is 23.2 Å². The maximum absolute atomic E-state index is 13.8. The van der Waals surface area contributed by atoms with Crippen LogP contribution in [-0.2, 0) is 4.79 Å². The third kappa shape index (κ3) is 4.63. The summed E-state index contributed by atoms with van der Waals surface area (Å²) in [7, 11) is 0. The highest BCUT2D eigenvalue weighted by atomic mass is 35.5. The second kappa shape index (κ2) is 8.39. The summed E-state index contributed by atoms with van der Waals surface area (Å²) >= 11 is 18.6. The summed E-state index contributed by atoms with van der Waals surface area (Å²) < 4.78 is 38.3. The Morgan fingerprint density at radius 3 is 2.45 bits per heavy atom. The molecule has 11 heteroatoms. The lowest BCUT2D eigenvalue weighted by Crippen LogP contribution is -2.35. The van der Waals surface area contributed by atoms with Crippen molar-refractivity contribution in [2.24, 2.45) is 5.92 Å². The number of nitrogens with one attached hydrogen (secondary N) is 2. The summed E-state index contributed by atoms with van der Waals surface area (Å²) in [5, 5.41) is 14.5. The number of hydrogen-bond donors (Lipinski definition) is 2. The lowest BCUT2D eigenvalue weighted by molar-refractivity contribution is -0.117. The van der Waals surface area contributed by atoms with Crippen molar-refractivity contribution >= 4 is 52.3 Å². The molecule has 172 valence electrons. The van der Waals surface area contributed by atoms with E-state index in [2.05, 4.69) is 10.6 Å². The van der Waals surface area contributed by atoms with Crippen molar-refractivity contribution in [1.82, 2.24) is 5.32 Å². The van der Waals surface area contributed by atoms with Crippen molar-refractivity contribution in [2.75, 3.05) is 5.32 Å². The van der Waals surface area contributed by atoms with Crippen LogP contribution in [0.5, 0.6) is 0 Å². The number of hydrogen-bond acceptors (Lipinski definition) is 3. The summed E-state index contributed by atoms with van der Waals surface area (Å²) in [5.41, 5.74) is -1.10. The first-order valence-corrected chi connectivity index (χ1v) is 10.9. The van der Waals surface area contributed by atoms with E-state index in [1.54, 1.807) is 0 Å². The van der Waals surface area contributed by atoms with Gasteiger partial charge >= 0.3 is 0 Å². The van der Waals surface area contributed by atoms with E-state index in [0.29, 0.717) is 18.9 Å². The number of benzene rings is 2. The Balaban J connectivity index is 1.52. The van der Waals surface area contributed by atoms with Gasteiger partial charge in [0.15, 0.2) is 0 Å². The number of nitrogens with zero attached hydrogens (tertiary/aromatic N) is 1. The molecule has 5 nitrogen and oxygen atoms in total. The summed E-state index contributed by atoms with van der Waals surface area (Å²) in [6, 6.07) is 9.01. The van der Waals surface area contributed by atoms with Crippen molar-refractivity contribution in [3.8, 4) is 6.07 Å². The molecule has 2 saturated carbocycles. The third-order valence-corrected chi connectivity index (χ3v) is 6.95. The molecular weight excluding hydrogens is 502 g/mol. The summed E-state index contributed by atoms with van der Waals surface area (Å²) in [5.74, 6) is -4.05. The number of halogens is 6. The lowest BCUT2D eigenvalue weighted by Gasteiger charge is -2.12. The standard InChI is InChI=1S/C22H15Cl3F3N3O2/c23-15-2-1-13(8-14(15)19(32)31-21(9-29)3-4-21)30-20(33)17-16(22(17,24)25)10-5-11(18(27)28)7-12(26)6-10/h1-2,5-8,16-18H,3-4H2,(H,30,33)(H,31,32)/t16-,17+/m0/s1. The van der Waals surface area contributed by atoms with Gasteiger partial charge in [-0.25, -0.2) is 13.2 Å². The fraction of sp³-hybridized carbons (Fsp3) is 0.318. The van der Waals surface area contributed by atoms with Crippen LogP contribution in [0.2, 0.25) is 5.02 Å². The molecule has 0 spiro atoms. The van der Waals surface area contributed by atoms with Gasteiger partial charge in [0.1, 0.15) is 15.7 Å². The average Bonchev–Trinajstić information content (AvgIpc) is 3.63. The van der Waals surface area contributed by atoms with Crippen molar-refractivity contribution in [1.29, 1.82) is 5.26 Å². The van der Waals surface area contributed by atoms with Crippen LogP contribution < -0.4 is 10.6 Å². The van der Waals surface area contributed by atoms with Crippen molar-refractivity contribution in [3.05, 3.63) is 63.9 Å². The fourth-order valence-electron chi connectivity index (χ4n) is 3.68. The quantitative estimate of drug-likeness (QED) is 0.481.